The standard InChI is InChI=1S/C30H37N3O/c1-22-12-14-26(15-13-22)24(3)32-30(25(4)34-19-18-33-16-8-5-9-17-33)21-27-20-23(2)31-29-11-7-6-10-28(27)29/h6-7,10-15,20,30-32H,2-5,8-9,16-19,21H2,1H3. The van der Waals surface area contributed by atoms with E-state index in [1.807, 2.05) is 6.07 Å². The van der Waals surface area contributed by atoms with Crippen molar-refractivity contribution in [1.82, 2.24) is 10.2 Å². The Morgan fingerprint density at radius 3 is 2.56 bits per heavy atom. The van der Waals surface area contributed by atoms with Gasteiger partial charge in [-0.05, 0) is 56.1 Å². The summed E-state index contributed by atoms with van der Waals surface area (Å²) in [6.45, 7) is 18.8. The van der Waals surface area contributed by atoms with Gasteiger partial charge in [-0.2, -0.15) is 0 Å². The highest BCUT2D eigenvalue weighted by atomic mass is 16.5. The van der Waals surface area contributed by atoms with Gasteiger partial charge < -0.3 is 15.4 Å². The Labute approximate surface area is 204 Å². The molecule has 0 aliphatic carbocycles. The summed E-state index contributed by atoms with van der Waals surface area (Å²) in [7, 11) is 0. The first kappa shape index (κ1) is 23.9. The second-order valence-corrected chi connectivity index (χ2v) is 9.33. The van der Waals surface area contributed by atoms with Crippen LogP contribution >= 0.6 is 0 Å². The van der Waals surface area contributed by atoms with E-state index in [1.54, 1.807) is 0 Å². The minimum absolute atomic E-state index is 0.111. The normalized spacial score (nSPS) is 16.6. The molecule has 1 atom stereocenters. The van der Waals surface area contributed by atoms with Gasteiger partial charge in [0, 0.05) is 35.6 Å². The molecule has 0 saturated carbocycles. The van der Waals surface area contributed by atoms with E-state index < -0.39 is 0 Å². The van der Waals surface area contributed by atoms with Crippen LogP contribution in [-0.4, -0.2) is 37.2 Å². The van der Waals surface area contributed by atoms with Crippen molar-refractivity contribution in [2.75, 3.05) is 31.6 Å². The summed E-state index contributed by atoms with van der Waals surface area (Å²) in [6, 6.07) is 16.6. The van der Waals surface area contributed by atoms with Gasteiger partial charge in [-0.1, -0.05) is 74.2 Å². The number of para-hydroxylation sites is 1. The highest BCUT2D eigenvalue weighted by molar-refractivity contribution is 5.83. The lowest BCUT2D eigenvalue weighted by Gasteiger charge is -2.29. The number of benzene rings is 2. The zero-order chi connectivity index (χ0) is 23.9. The van der Waals surface area contributed by atoms with Gasteiger partial charge in [-0.3, -0.25) is 4.90 Å². The number of nitrogens with one attached hydrogen (secondary N) is 2. The molecular weight excluding hydrogens is 418 g/mol. The SMILES string of the molecule is C=C1C=C(CC(NC(=C)c2ccc(C)cc2)C(=C)OCCN2CCCCC2)c2ccccc2N1. The fraction of sp³-hybridized carbons (Fsp3) is 0.333. The van der Waals surface area contributed by atoms with Crippen molar-refractivity contribution in [3.63, 3.8) is 0 Å². The van der Waals surface area contributed by atoms with E-state index in [0.717, 1.165) is 41.4 Å². The van der Waals surface area contributed by atoms with Gasteiger partial charge in [0.2, 0.25) is 0 Å². The third-order valence-electron chi connectivity index (χ3n) is 6.62. The van der Waals surface area contributed by atoms with Crippen LogP contribution in [0.1, 0.15) is 42.4 Å². The molecule has 2 aliphatic heterocycles. The number of piperidine rings is 1. The average molecular weight is 456 g/mol. The first-order valence-corrected chi connectivity index (χ1v) is 12.3. The first-order valence-electron chi connectivity index (χ1n) is 12.3. The molecule has 2 N–H and O–H groups in total. The van der Waals surface area contributed by atoms with E-state index in [-0.39, 0.29) is 6.04 Å². The lowest BCUT2D eigenvalue weighted by Crippen LogP contribution is -2.34. The van der Waals surface area contributed by atoms with Crippen molar-refractivity contribution in [3.05, 3.63) is 102 Å². The van der Waals surface area contributed by atoms with Crippen LogP contribution in [0.25, 0.3) is 11.3 Å². The number of allylic oxidation sites excluding steroid dienone is 1. The summed E-state index contributed by atoms with van der Waals surface area (Å²) in [5.41, 5.74) is 7.53. The lowest BCUT2D eigenvalue weighted by atomic mass is 9.93. The molecule has 1 fully saturated rings. The summed E-state index contributed by atoms with van der Waals surface area (Å²) in [6.07, 6.45) is 6.76. The number of likely N-dealkylation sites (tertiary alicyclic amines) is 1. The van der Waals surface area contributed by atoms with Crippen LogP contribution in [0, 0.1) is 6.92 Å². The quantitative estimate of drug-likeness (QED) is 0.409. The molecule has 2 heterocycles. The van der Waals surface area contributed by atoms with Crippen molar-refractivity contribution in [3.8, 4) is 0 Å². The highest BCUT2D eigenvalue weighted by Crippen LogP contribution is 2.34. The molecule has 0 amide bonds. The molecule has 0 spiro atoms. The number of hydrogen-bond donors (Lipinski definition) is 2. The summed E-state index contributed by atoms with van der Waals surface area (Å²) < 4.78 is 6.21. The molecule has 1 saturated heterocycles. The Bertz CT molecular complexity index is 1060. The second kappa shape index (κ2) is 11.3. The molecule has 178 valence electrons. The van der Waals surface area contributed by atoms with Crippen molar-refractivity contribution in [1.29, 1.82) is 0 Å². The molecule has 0 radical (unpaired) electrons. The van der Waals surface area contributed by atoms with Gasteiger partial charge in [0.05, 0.1) is 6.04 Å². The maximum absolute atomic E-state index is 6.21. The number of anilines is 1. The third-order valence-corrected chi connectivity index (χ3v) is 6.62. The Hall–Kier alpha value is -3.24. The molecule has 1 unspecified atom stereocenters. The molecule has 2 aliphatic rings. The van der Waals surface area contributed by atoms with E-state index in [2.05, 4.69) is 90.7 Å². The number of nitrogens with zero attached hydrogens (tertiary/aromatic N) is 1. The van der Waals surface area contributed by atoms with Crippen LogP contribution < -0.4 is 10.6 Å². The van der Waals surface area contributed by atoms with Crippen molar-refractivity contribution in [2.24, 2.45) is 0 Å². The molecule has 4 rings (SSSR count). The number of hydrogen-bond acceptors (Lipinski definition) is 4. The van der Waals surface area contributed by atoms with E-state index in [0.29, 0.717) is 6.61 Å². The van der Waals surface area contributed by atoms with Crippen molar-refractivity contribution < 1.29 is 4.74 Å². The molecule has 0 aromatic heterocycles. The predicted molar refractivity (Wildman–Crippen MR) is 144 cm³/mol. The average Bonchev–Trinajstić information content (AvgIpc) is 2.84. The van der Waals surface area contributed by atoms with Crippen LogP contribution in [0.3, 0.4) is 0 Å². The van der Waals surface area contributed by atoms with Crippen LogP contribution in [0.2, 0.25) is 0 Å². The number of fused-ring (bicyclic) bond motifs is 1. The molecule has 2 aromatic rings. The molecule has 4 nitrogen and oxygen atoms in total. The van der Waals surface area contributed by atoms with Gasteiger partial charge in [0.1, 0.15) is 12.4 Å². The summed E-state index contributed by atoms with van der Waals surface area (Å²) >= 11 is 0. The minimum Gasteiger partial charge on any atom is -0.495 e. The molecule has 2 aromatic carbocycles. The van der Waals surface area contributed by atoms with Gasteiger partial charge >= 0.3 is 0 Å². The summed E-state index contributed by atoms with van der Waals surface area (Å²) in [4.78, 5) is 2.49. The predicted octanol–water partition coefficient (Wildman–Crippen LogP) is 6.35. The fourth-order valence-electron chi connectivity index (χ4n) is 4.64. The van der Waals surface area contributed by atoms with Crippen molar-refractivity contribution in [2.45, 2.75) is 38.6 Å². The van der Waals surface area contributed by atoms with E-state index >= 15 is 0 Å². The van der Waals surface area contributed by atoms with Crippen LogP contribution in [-0.2, 0) is 4.74 Å². The highest BCUT2D eigenvalue weighted by Gasteiger charge is 2.22. The van der Waals surface area contributed by atoms with Gasteiger partial charge in [0.15, 0.2) is 0 Å². The maximum atomic E-state index is 6.21. The zero-order valence-corrected chi connectivity index (χ0v) is 20.4. The number of ether oxygens (including phenoxy) is 1. The monoisotopic (exact) mass is 455 g/mol. The van der Waals surface area contributed by atoms with Crippen LogP contribution in [0.15, 0.2) is 85.8 Å². The Morgan fingerprint density at radius 2 is 1.79 bits per heavy atom. The topological polar surface area (TPSA) is 36.5 Å². The molecule has 34 heavy (non-hydrogen) atoms. The molecule has 0 bridgehead atoms. The summed E-state index contributed by atoms with van der Waals surface area (Å²) in [5.74, 6) is 0.743. The van der Waals surface area contributed by atoms with Crippen LogP contribution in [0.5, 0.6) is 0 Å². The third kappa shape index (κ3) is 6.21. The molecule has 4 heteroatoms. The van der Waals surface area contributed by atoms with Gasteiger partial charge in [-0.15, -0.1) is 0 Å². The zero-order valence-electron chi connectivity index (χ0n) is 20.4. The Kier molecular flexibility index (Phi) is 7.91. The number of rotatable bonds is 10. The first-order chi connectivity index (χ1) is 16.5. The van der Waals surface area contributed by atoms with Gasteiger partial charge in [-0.25, -0.2) is 0 Å². The van der Waals surface area contributed by atoms with Crippen molar-refractivity contribution >= 4 is 17.0 Å². The van der Waals surface area contributed by atoms with Crippen LogP contribution in [0.4, 0.5) is 5.69 Å². The van der Waals surface area contributed by atoms with E-state index in [9.17, 15) is 0 Å². The smallest absolute Gasteiger partial charge is 0.111 e. The Balaban J connectivity index is 1.48. The van der Waals surface area contributed by atoms with Gasteiger partial charge in [0.25, 0.3) is 0 Å². The largest absolute Gasteiger partial charge is 0.495 e. The number of aryl methyl sites for hydroxylation is 1. The van der Waals surface area contributed by atoms with E-state index in [4.69, 9.17) is 4.74 Å². The fourth-order valence-corrected chi connectivity index (χ4v) is 4.64. The molecular formula is C30H37N3O. The lowest BCUT2D eigenvalue weighted by molar-refractivity contribution is 0.133. The van der Waals surface area contributed by atoms with E-state index in [1.165, 1.54) is 49.1 Å². The summed E-state index contributed by atoms with van der Waals surface area (Å²) in [5, 5.41) is 6.98. The maximum Gasteiger partial charge on any atom is 0.111 e. The Morgan fingerprint density at radius 1 is 1.06 bits per heavy atom. The minimum atomic E-state index is -0.111. The second-order valence-electron chi connectivity index (χ2n) is 9.33.